The highest BCUT2D eigenvalue weighted by molar-refractivity contribution is 5.70. The predicted molar refractivity (Wildman–Crippen MR) is 97.0 cm³/mol. The van der Waals surface area contributed by atoms with E-state index in [1.807, 2.05) is 6.92 Å². The minimum atomic E-state index is -0.897. The van der Waals surface area contributed by atoms with Gasteiger partial charge in [-0.05, 0) is 55.2 Å². The highest BCUT2D eigenvalue weighted by atomic mass is 19.1. The highest BCUT2D eigenvalue weighted by Crippen LogP contribution is 2.40. The van der Waals surface area contributed by atoms with E-state index in [2.05, 4.69) is 0 Å². The molecule has 4 nitrogen and oxygen atoms in total. The zero-order valence-electron chi connectivity index (χ0n) is 15.2. The number of aliphatic hydroxyl groups is 1. The van der Waals surface area contributed by atoms with Gasteiger partial charge in [0.25, 0.3) is 0 Å². The lowest BCUT2D eigenvalue weighted by Gasteiger charge is -2.43. The van der Waals surface area contributed by atoms with E-state index in [4.69, 9.17) is 4.74 Å². The first kappa shape index (κ1) is 19.3. The third kappa shape index (κ3) is 4.11. The zero-order chi connectivity index (χ0) is 19.4. The van der Waals surface area contributed by atoms with Crippen LogP contribution >= 0.6 is 0 Å². The van der Waals surface area contributed by atoms with Crippen molar-refractivity contribution in [1.29, 1.82) is 0 Å². The number of hydrogen-bond acceptors (Lipinski definition) is 3. The minimum absolute atomic E-state index is 0.0239. The van der Waals surface area contributed by atoms with Gasteiger partial charge in [0, 0.05) is 19.6 Å². The molecule has 0 spiro atoms. The Hall–Kier alpha value is -2.47. The first-order valence-corrected chi connectivity index (χ1v) is 9.07. The molecule has 1 N–H and O–H groups in total. The molecule has 2 atom stereocenters. The third-order valence-corrected chi connectivity index (χ3v) is 5.18. The van der Waals surface area contributed by atoms with Crippen molar-refractivity contribution in [2.24, 2.45) is 0 Å². The monoisotopic (exact) mass is 375 g/mol. The van der Waals surface area contributed by atoms with Gasteiger partial charge in [0.2, 0.25) is 0 Å². The van der Waals surface area contributed by atoms with Crippen LogP contribution in [0.2, 0.25) is 0 Å². The lowest BCUT2D eigenvalue weighted by Crippen LogP contribution is -2.48. The van der Waals surface area contributed by atoms with Crippen LogP contribution in [-0.4, -0.2) is 29.3 Å². The van der Waals surface area contributed by atoms with E-state index in [9.17, 15) is 18.7 Å². The standard InChI is InChI=1S/C21H23F2NO3/c1-15(16-4-2-5-19(23)14-16)24-12-11-21(10-3-13-25,27-20(24)26)17-6-8-18(22)9-7-17/h2,4-9,14-15,25H,3,10-13H2,1H3/t15-,21?/m0/s1. The number of ether oxygens (including phenoxy) is 1. The SMILES string of the molecule is C[C@@H](c1cccc(F)c1)N1CCC(CCCO)(c2ccc(F)cc2)OC1=O. The van der Waals surface area contributed by atoms with Gasteiger partial charge < -0.3 is 14.7 Å². The second kappa shape index (κ2) is 8.05. The Kier molecular flexibility index (Phi) is 5.75. The lowest BCUT2D eigenvalue weighted by atomic mass is 9.84. The van der Waals surface area contributed by atoms with E-state index in [0.717, 1.165) is 0 Å². The molecule has 144 valence electrons. The maximum Gasteiger partial charge on any atom is 0.411 e. The maximum atomic E-state index is 13.5. The van der Waals surface area contributed by atoms with Gasteiger partial charge in [-0.1, -0.05) is 24.3 Å². The molecule has 1 saturated heterocycles. The Labute approximate surface area is 157 Å². The molecule has 0 aliphatic carbocycles. The summed E-state index contributed by atoms with van der Waals surface area (Å²) in [7, 11) is 0. The van der Waals surface area contributed by atoms with Crippen LogP contribution in [0.4, 0.5) is 13.6 Å². The number of cyclic esters (lactones) is 1. The predicted octanol–water partition coefficient (Wildman–Crippen LogP) is 4.54. The quantitative estimate of drug-likeness (QED) is 0.807. The average Bonchev–Trinajstić information content (AvgIpc) is 2.66. The van der Waals surface area contributed by atoms with Crippen molar-refractivity contribution in [2.45, 2.75) is 37.8 Å². The summed E-state index contributed by atoms with van der Waals surface area (Å²) in [5.74, 6) is -0.715. The first-order valence-electron chi connectivity index (χ1n) is 9.07. The van der Waals surface area contributed by atoms with Crippen molar-refractivity contribution in [2.75, 3.05) is 13.2 Å². The molecule has 3 rings (SSSR count). The van der Waals surface area contributed by atoms with E-state index < -0.39 is 11.7 Å². The van der Waals surface area contributed by atoms with Gasteiger partial charge in [0.15, 0.2) is 0 Å². The Bertz CT molecular complexity index is 796. The second-order valence-electron chi connectivity index (χ2n) is 6.87. The molecule has 1 unspecified atom stereocenters. The Balaban J connectivity index is 1.83. The van der Waals surface area contributed by atoms with Crippen LogP contribution in [0.15, 0.2) is 48.5 Å². The number of carbonyl (C=O) groups is 1. The fraction of sp³-hybridized carbons (Fsp3) is 0.381. The summed E-state index contributed by atoms with van der Waals surface area (Å²) in [4.78, 5) is 14.4. The van der Waals surface area contributed by atoms with Crippen LogP contribution < -0.4 is 0 Å². The molecule has 1 fully saturated rings. The van der Waals surface area contributed by atoms with Gasteiger partial charge in [0.05, 0.1) is 6.04 Å². The van der Waals surface area contributed by atoms with E-state index in [0.29, 0.717) is 36.9 Å². The van der Waals surface area contributed by atoms with Crippen molar-refractivity contribution in [3.05, 3.63) is 71.3 Å². The second-order valence-corrected chi connectivity index (χ2v) is 6.87. The number of aliphatic hydroxyl groups excluding tert-OH is 1. The lowest BCUT2D eigenvalue weighted by molar-refractivity contribution is -0.0680. The summed E-state index contributed by atoms with van der Waals surface area (Å²) >= 11 is 0. The van der Waals surface area contributed by atoms with Gasteiger partial charge in [0.1, 0.15) is 17.2 Å². The number of amides is 1. The van der Waals surface area contributed by atoms with Crippen LogP contribution in [0.3, 0.4) is 0 Å². The van der Waals surface area contributed by atoms with Gasteiger partial charge in [-0.15, -0.1) is 0 Å². The number of nitrogens with zero attached hydrogens (tertiary/aromatic N) is 1. The molecule has 1 aliphatic heterocycles. The molecule has 0 bridgehead atoms. The smallest absolute Gasteiger partial charge is 0.411 e. The Morgan fingerprint density at radius 1 is 1.19 bits per heavy atom. The van der Waals surface area contributed by atoms with Crippen LogP contribution in [-0.2, 0) is 10.3 Å². The summed E-state index contributed by atoms with van der Waals surface area (Å²) in [6.45, 7) is 2.22. The van der Waals surface area contributed by atoms with Crippen LogP contribution in [0.1, 0.15) is 43.4 Å². The van der Waals surface area contributed by atoms with Crippen molar-refractivity contribution in [1.82, 2.24) is 4.90 Å². The molecule has 2 aromatic rings. The van der Waals surface area contributed by atoms with E-state index >= 15 is 0 Å². The molecule has 27 heavy (non-hydrogen) atoms. The molecule has 0 aromatic heterocycles. The largest absolute Gasteiger partial charge is 0.438 e. The normalized spacial score (nSPS) is 21.0. The van der Waals surface area contributed by atoms with Gasteiger partial charge in [-0.3, -0.25) is 0 Å². The molecule has 1 amide bonds. The minimum Gasteiger partial charge on any atom is -0.438 e. The van der Waals surface area contributed by atoms with Crippen LogP contribution in [0.5, 0.6) is 0 Å². The molecular formula is C21H23F2NO3. The van der Waals surface area contributed by atoms with E-state index in [1.54, 1.807) is 29.2 Å². The topological polar surface area (TPSA) is 49.8 Å². The Morgan fingerprint density at radius 3 is 2.56 bits per heavy atom. The van der Waals surface area contributed by atoms with Crippen LogP contribution in [0, 0.1) is 11.6 Å². The summed E-state index contributed by atoms with van der Waals surface area (Å²) in [5.41, 5.74) is 0.506. The van der Waals surface area contributed by atoms with Gasteiger partial charge in [-0.25, -0.2) is 13.6 Å². The molecule has 0 saturated carbocycles. The van der Waals surface area contributed by atoms with Crippen molar-refractivity contribution in [3.8, 4) is 0 Å². The van der Waals surface area contributed by atoms with Crippen molar-refractivity contribution < 1.29 is 23.4 Å². The number of benzene rings is 2. The number of hydrogen-bond donors (Lipinski definition) is 1. The van der Waals surface area contributed by atoms with Gasteiger partial charge in [-0.2, -0.15) is 0 Å². The third-order valence-electron chi connectivity index (χ3n) is 5.18. The first-order chi connectivity index (χ1) is 12.9. The maximum absolute atomic E-state index is 13.5. The fourth-order valence-electron chi connectivity index (χ4n) is 3.61. The summed E-state index contributed by atoms with van der Waals surface area (Å²) in [6, 6.07) is 11.7. The average molecular weight is 375 g/mol. The number of carbonyl (C=O) groups excluding carboxylic acids is 1. The fourth-order valence-corrected chi connectivity index (χ4v) is 3.61. The summed E-state index contributed by atoms with van der Waals surface area (Å²) in [5, 5.41) is 9.24. The highest BCUT2D eigenvalue weighted by Gasteiger charge is 2.43. The van der Waals surface area contributed by atoms with Crippen LogP contribution in [0.25, 0.3) is 0 Å². The van der Waals surface area contributed by atoms with Gasteiger partial charge >= 0.3 is 6.09 Å². The zero-order valence-corrected chi connectivity index (χ0v) is 15.2. The number of halogens is 2. The number of rotatable bonds is 6. The molecule has 1 heterocycles. The molecule has 0 radical (unpaired) electrons. The molecule has 1 aliphatic rings. The molecular weight excluding hydrogens is 352 g/mol. The molecule has 2 aromatic carbocycles. The summed E-state index contributed by atoms with van der Waals surface area (Å²) < 4.78 is 32.7. The Morgan fingerprint density at radius 2 is 1.93 bits per heavy atom. The van der Waals surface area contributed by atoms with Crippen molar-refractivity contribution >= 4 is 6.09 Å². The van der Waals surface area contributed by atoms with E-state index in [1.165, 1.54) is 24.3 Å². The molecule has 6 heteroatoms. The van der Waals surface area contributed by atoms with E-state index in [-0.39, 0.29) is 24.3 Å². The van der Waals surface area contributed by atoms with Crippen molar-refractivity contribution in [3.63, 3.8) is 0 Å². The summed E-state index contributed by atoms with van der Waals surface area (Å²) in [6.07, 6.45) is 0.914.